The van der Waals surface area contributed by atoms with Gasteiger partial charge >= 0.3 is 0 Å². The van der Waals surface area contributed by atoms with Crippen molar-refractivity contribution in [3.05, 3.63) is 0 Å². The van der Waals surface area contributed by atoms with Crippen LogP contribution in [0.15, 0.2) is 0 Å². The molecule has 2 saturated heterocycles. The molecule has 2 aliphatic rings. The second kappa shape index (κ2) is 5.03. The third kappa shape index (κ3) is 2.27. The number of nitrogens with zero attached hydrogens (tertiary/aromatic N) is 2. The Kier molecular flexibility index (Phi) is 3.88. The molecule has 0 spiro atoms. The van der Waals surface area contributed by atoms with E-state index in [4.69, 9.17) is 0 Å². The van der Waals surface area contributed by atoms with Gasteiger partial charge in [-0.25, -0.2) is 0 Å². The van der Waals surface area contributed by atoms with Crippen LogP contribution in [0, 0.1) is 0 Å². The van der Waals surface area contributed by atoms with Crippen molar-refractivity contribution in [1.29, 1.82) is 0 Å². The fraction of sp³-hybridized carbons (Fsp3) is 1.00. The Labute approximate surface area is 100 Å². The van der Waals surface area contributed by atoms with Crippen molar-refractivity contribution in [2.24, 2.45) is 0 Å². The van der Waals surface area contributed by atoms with E-state index < -0.39 is 0 Å². The van der Waals surface area contributed by atoms with Gasteiger partial charge in [-0.3, -0.25) is 9.80 Å². The van der Waals surface area contributed by atoms with E-state index in [9.17, 15) is 0 Å². The first-order chi connectivity index (χ1) is 7.66. The standard InChI is InChI=1S/C13H27N3/c1-4-8-16-9-5-12(13(16,2)3)15-10-6-14-7-11-15/h12,14H,4-11H2,1-3H3. The summed E-state index contributed by atoms with van der Waals surface area (Å²) in [5.74, 6) is 0. The van der Waals surface area contributed by atoms with Crippen LogP contribution in [-0.4, -0.2) is 60.6 Å². The predicted molar refractivity (Wildman–Crippen MR) is 68.8 cm³/mol. The molecular formula is C13H27N3. The van der Waals surface area contributed by atoms with E-state index in [2.05, 4.69) is 35.9 Å². The molecule has 1 unspecified atom stereocenters. The first-order valence-electron chi connectivity index (χ1n) is 6.86. The molecule has 1 N–H and O–H groups in total. The zero-order valence-corrected chi connectivity index (χ0v) is 11.1. The minimum Gasteiger partial charge on any atom is -0.314 e. The molecule has 16 heavy (non-hydrogen) atoms. The van der Waals surface area contributed by atoms with Crippen LogP contribution in [0.4, 0.5) is 0 Å². The van der Waals surface area contributed by atoms with Crippen molar-refractivity contribution >= 4 is 0 Å². The molecule has 0 amide bonds. The van der Waals surface area contributed by atoms with E-state index in [1.807, 2.05) is 0 Å². The van der Waals surface area contributed by atoms with Crippen LogP contribution in [-0.2, 0) is 0 Å². The van der Waals surface area contributed by atoms with Crippen molar-refractivity contribution in [2.75, 3.05) is 39.3 Å². The van der Waals surface area contributed by atoms with Gasteiger partial charge in [0.15, 0.2) is 0 Å². The molecule has 94 valence electrons. The Hall–Kier alpha value is -0.120. The number of hydrogen-bond acceptors (Lipinski definition) is 3. The number of likely N-dealkylation sites (tertiary alicyclic amines) is 1. The topological polar surface area (TPSA) is 18.5 Å². The lowest BCUT2D eigenvalue weighted by Crippen LogP contribution is -2.57. The molecule has 2 aliphatic heterocycles. The molecule has 0 radical (unpaired) electrons. The number of nitrogens with one attached hydrogen (secondary N) is 1. The molecule has 0 aliphatic carbocycles. The molecule has 0 saturated carbocycles. The normalized spacial score (nSPS) is 32.1. The molecule has 0 aromatic heterocycles. The van der Waals surface area contributed by atoms with E-state index in [1.54, 1.807) is 0 Å². The van der Waals surface area contributed by atoms with Crippen molar-refractivity contribution in [3.8, 4) is 0 Å². The summed E-state index contributed by atoms with van der Waals surface area (Å²) < 4.78 is 0. The maximum atomic E-state index is 3.45. The van der Waals surface area contributed by atoms with Gasteiger partial charge in [-0.05, 0) is 33.2 Å². The van der Waals surface area contributed by atoms with Crippen LogP contribution >= 0.6 is 0 Å². The third-order valence-corrected chi connectivity index (χ3v) is 4.39. The second-order valence-corrected chi connectivity index (χ2v) is 5.73. The Bertz CT molecular complexity index is 221. The monoisotopic (exact) mass is 225 g/mol. The fourth-order valence-electron chi connectivity index (χ4n) is 3.42. The van der Waals surface area contributed by atoms with Gasteiger partial charge in [0.25, 0.3) is 0 Å². The van der Waals surface area contributed by atoms with Crippen LogP contribution in [0.1, 0.15) is 33.6 Å². The maximum Gasteiger partial charge on any atom is 0.0308 e. The first kappa shape index (κ1) is 12.3. The number of rotatable bonds is 3. The average Bonchev–Trinajstić information content (AvgIpc) is 2.57. The fourth-order valence-corrected chi connectivity index (χ4v) is 3.42. The molecular weight excluding hydrogens is 198 g/mol. The van der Waals surface area contributed by atoms with E-state index in [0.717, 1.165) is 6.04 Å². The van der Waals surface area contributed by atoms with Crippen molar-refractivity contribution < 1.29 is 0 Å². The molecule has 0 aromatic rings. The number of piperazine rings is 1. The van der Waals surface area contributed by atoms with Crippen molar-refractivity contribution in [2.45, 2.75) is 45.2 Å². The predicted octanol–water partition coefficient (Wildman–Crippen LogP) is 1.15. The molecule has 3 heteroatoms. The van der Waals surface area contributed by atoms with Gasteiger partial charge in [0.05, 0.1) is 0 Å². The summed E-state index contributed by atoms with van der Waals surface area (Å²) in [4.78, 5) is 5.38. The number of hydrogen-bond donors (Lipinski definition) is 1. The Morgan fingerprint density at radius 1 is 1.19 bits per heavy atom. The first-order valence-corrected chi connectivity index (χ1v) is 6.86. The van der Waals surface area contributed by atoms with Gasteiger partial charge in [-0.1, -0.05) is 6.92 Å². The van der Waals surface area contributed by atoms with Gasteiger partial charge in [0, 0.05) is 44.3 Å². The van der Waals surface area contributed by atoms with Gasteiger partial charge in [-0.2, -0.15) is 0 Å². The Morgan fingerprint density at radius 2 is 1.88 bits per heavy atom. The summed E-state index contributed by atoms with van der Waals surface area (Å²) in [6, 6.07) is 0.765. The summed E-state index contributed by atoms with van der Waals surface area (Å²) in [7, 11) is 0. The van der Waals surface area contributed by atoms with Crippen LogP contribution in [0.5, 0.6) is 0 Å². The summed E-state index contributed by atoms with van der Waals surface area (Å²) >= 11 is 0. The molecule has 0 bridgehead atoms. The third-order valence-electron chi connectivity index (χ3n) is 4.39. The lowest BCUT2D eigenvalue weighted by molar-refractivity contribution is 0.0727. The molecule has 2 heterocycles. The van der Waals surface area contributed by atoms with Gasteiger partial charge in [0.2, 0.25) is 0 Å². The highest BCUT2D eigenvalue weighted by Crippen LogP contribution is 2.32. The summed E-state index contributed by atoms with van der Waals surface area (Å²) in [5.41, 5.74) is 0.368. The van der Waals surface area contributed by atoms with E-state index in [-0.39, 0.29) is 0 Å². The van der Waals surface area contributed by atoms with E-state index in [1.165, 1.54) is 52.1 Å². The summed E-state index contributed by atoms with van der Waals surface area (Å²) in [5, 5.41) is 3.45. The maximum absolute atomic E-state index is 3.45. The van der Waals surface area contributed by atoms with E-state index >= 15 is 0 Å². The Morgan fingerprint density at radius 3 is 2.50 bits per heavy atom. The van der Waals surface area contributed by atoms with Crippen molar-refractivity contribution in [3.63, 3.8) is 0 Å². The van der Waals surface area contributed by atoms with E-state index in [0.29, 0.717) is 5.54 Å². The quantitative estimate of drug-likeness (QED) is 0.777. The second-order valence-electron chi connectivity index (χ2n) is 5.73. The Balaban J connectivity index is 1.99. The molecule has 3 nitrogen and oxygen atoms in total. The lowest BCUT2D eigenvalue weighted by Gasteiger charge is -2.43. The summed E-state index contributed by atoms with van der Waals surface area (Å²) in [6.45, 7) is 14.5. The van der Waals surface area contributed by atoms with Crippen molar-refractivity contribution in [1.82, 2.24) is 15.1 Å². The zero-order valence-electron chi connectivity index (χ0n) is 11.1. The minimum atomic E-state index is 0.368. The minimum absolute atomic E-state index is 0.368. The van der Waals surface area contributed by atoms with Crippen LogP contribution in [0.25, 0.3) is 0 Å². The molecule has 1 atom stereocenters. The molecule has 0 aromatic carbocycles. The zero-order chi connectivity index (χ0) is 11.6. The van der Waals surface area contributed by atoms with Crippen LogP contribution in [0.3, 0.4) is 0 Å². The average molecular weight is 225 g/mol. The van der Waals surface area contributed by atoms with Crippen LogP contribution in [0.2, 0.25) is 0 Å². The van der Waals surface area contributed by atoms with Gasteiger partial charge in [-0.15, -0.1) is 0 Å². The SMILES string of the molecule is CCCN1CCC(N2CCNCC2)C1(C)C. The highest BCUT2D eigenvalue weighted by atomic mass is 15.3. The van der Waals surface area contributed by atoms with Gasteiger partial charge in [0.1, 0.15) is 0 Å². The highest BCUT2D eigenvalue weighted by Gasteiger charge is 2.43. The summed E-state index contributed by atoms with van der Waals surface area (Å²) in [6.07, 6.45) is 2.63. The molecule has 2 fully saturated rings. The lowest BCUT2D eigenvalue weighted by atomic mass is 9.93. The smallest absolute Gasteiger partial charge is 0.0308 e. The molecule has 2 rings (SSSR count). The van der Waals surface area contributed by atoms with Gasteiger partial charge < -0.3 is 5.32 Å². The highest BCUT2D eigenvalue weighted by molar-refractivity contribution is 5.01. The van der Waals surface area contributed by atoms with Crippen LogP contribution < -0.4 is 5.32 Å². The largest absolute Gasteiger partial charge is 0.314 e.